The largest absolute Gasteiger partial charge is 0.339 e. The molecule has 0 radical (unpaired) electrons. The van der Waals surface area contributed by atoms with Crippen molar-refractivity contribution in [2.45, 2.75) is 19.4 Å². The maximum atomic E-state index is 12.6. The van der Waals surface area contributed by atoms with Gasteiger partial charge >= 0.3 is 0 Å². The van der Waals surface area contributed by atoms with Crippen LogP contribution in [0.5, 0.6) is 0 Å². The Balaban J connectivity index is 1.25. The van der Waals surface area contributed by atoms with Gasteiger partial charge in [-0.1, -0.05) is 30.3 Å². The summed E-state index contributed by atoms with van der Waals surface area (Å²) in [6, 6.07) is 10.2. The van der Waals surface area contributed by atoms with E-state index in [1.165, 1.54) is 16.6 Å². The van der Waals surface area contributed by atoms with Crippen LogP contribution in [0, 0.1) is 0 Å². The highest BCUT2D eigenvalue weighted by Gasteiger charge is 2.24. The number of piperazine rings is 1. The first-order chi connectivity index (χ1) is 14.2. The number of amides is 2. The summed E-state index contributed by atoms with van der Waals surface area (Å²) in [5, 5.41) is 13.7. The summed E-state index contributed by atoms with van der Waals surface area (Å²) in [4.78, 5) is 33.1. The Labute approximate surface area is 172 Å². The number of tetrazole rings is 1. The molecular formula is C19H21N7O2S. The van der Waals surface area contributed by atoms with Crippen molar-refractivity contribution in [1.29, 1.82) is 0 Å². The summed E-state index contributed by atoms with van der Waals surface area (Å²) in [5.74, 6) is 0.00332. The Kier molecular flexibility index (Phi) is 5.89. The van der Waals surface area contributed by atoms with Crippen LogP contribution < -0.4 is 0 Å². The molecule has 0 spiro atoms. The van der Waals surface area contributed by atoms with Crippen LogP contribution in [0.25, 0.3) is 0 Å². The lowest BCUT2D eigenvalue weighted by Gasteiger charge is -2.34. The highest BCUT2D eigenvalue weighted by atomic mass is 32.1. The Hall–Kier alpha value is -3.14. The molecule has 1 aromatic carbocycles. The molecule has 3 heterocycles. The van der Waals surface area contributed by atoms with E-state index in [0.29, 0.717) is 32.6 Å². The van der Waals surface area contributed by atoms with Gasteiger partial charge in [-0.25, -0.2) is 9.67 Å². The molecule has 0 aliphatic carbocycles. The van der Waals surface area contributed by atoms with Crippen LogP contribution in [-0.2, 0) is 29.0 Å². The summed E-state index contributed by atoms with van der Waals surface area (Å²) in [5.41, 5.74) is 2.02. The second kappa shape index (κ2) is 8.91. The fourth-order valence-corrected chi connectivity index (χ4v) is 4.07. The summed E-state index contributed by atoms with van der Waals surface area (Å²) in [7, 11) is 0. The molecule has 0 bridgehead atoms. The highest BCUT2D eigenvalue weighted by Crippen LogP contribution is 2.16. The fourth-order valence-electron chi connectivity index (χ4n) is 3.25. The Morgan fingerprint density at radius 3 is 2.41 bits per heavy atom. The number of aromatic nitrogens is 5. The van der Waals surface area contributed by atoms with Crippen molar-refractivity contribution in [1.82, 2.24) is 35.0 Å². The first kappa shape index (κ1) is 19.2. The first-order valence-electron chi connectivity index (χ1n) is 9.41. The molecule has 4 rings (SSSR count). The zero-order chi connectivity index (χ0) is 20.1. The number of carbonyl (C=O) groups is 2. The molecule has 0 atom stereocenters. The topological polar surface area (TPSA) is 97.1 Å². The average molecular weight is 411 g/mol. The van der Waals surface area contributed by atoms with Crippen LogP contribution in [0.4, 0.5) is 0 Å². The molecule has 150 valence electrons. The third kappa shape index (κ3) is 5.02. The second-order valence-electron chi connectivity index (χ2n) is 6.84. The van der Waals surface area contributed by atoms with Crippen LogP contribution in [-0.4, -0.2) is 73.0 Å². The van der Waals surface area contributed by atoms with Gasteiger partial charge in [0.2, 0.25) is 11.8 Å². The van der Waals surface area contributed by atoms with E-state index < -0.39 is 0 Å². The summed E-state index contributed by atoms with van der Waals surface area (Å²) in [6.07, 6.45) is 2.49. The predicted octanol–water partition coefficient (Wildman–Crippen LogP) is 0.634. The van der Waals surface area contributed by atoms with Crippen LogP contribution in [0.2, 0.25) is 0 Å². The van der Waals surface area contributed by atoms with E-state index >= 15 is 0 Å². The normalized spacial score (nSPS) is 14.2. The third-order valence-electron chi connectivity index (χ3n) is 4.80. The fraction of sp³-hybridized carbons (Fsp3) is 0.368. The maximum absolute atomic E-state index is 12.6. The lowest BCUT2D eigenvalue weighted by atomic mass is 10.2. The molecule has 29 heavy (non-hydrogen) atoms. The van der Waals surface area contributed by atoms with E-state index in [1.54, 1.807) is 21.1 Å². The van der Waals surface area contributed by atoms with Gasteiger partial charge in [0.1, 0.15) is 12.9 Å². The standard InChI is InChI=1S/C19H21N7O2S/c27-18(11-16-13-29-17(21-16)10-15-4-2-1-3-5-15)24-6-8-25(9-7-24)19(28)12-26-14-20-22-23-26/h1-5,13-14H,6-12H2. The smallest absolute Gasteiger partial charge is 0.244 e. The van der Waals surface area contributed by atoms with Crippen LogP contribution >= 0.6 is 11.3 Å². The van der Waals surface area contributed by atoms with E-state index in [2.05, 4.69) is 32.6 Å². The SMILES string of the molecule is O=C(Cc1csc(Cc2ccccc2)n1)N1CCN(C(=O)Cn2cnnn2)CC1. The molecule has 1 saturated heterocycles. The zero-order valence-electron chi connectivity index (χ0n) is 15.8. The van der Waals surface area contributed by atoms with Gasteiger partial charge < -0.3 is 9.80 Å². The molecule has 10 heteroatoms. The van der Waals surface area contributed by atoms with Crippen molar-refractivity contribution < 1.29 is 9.59 Å². The number of hydrogen-bond acceptors (Lipinski definition) is 7. The van der Waals surface area contributed by atoms with Crippen molar-refractivity contribution in [2.24, 2.45) is 0 Å². The van der Waals surface area contributed by atoms with Crippen LogP contribution in [0.15, 0.2) is 42.0 Å². The predicted molar refractivity (Wildman–Crippen MR) is 106 cm³/mol. The number of rotatable bonds is 6. The van der Waals surface area contributed by atoms with E-state index in [-0.39, 0.29) is 18.4 Å². The molecule has 1 aliphatic rings. The lowest BCUT2D eigenvalue weighted by Crippen LogP contribution is -2.51. The van der Waals surface area contributed by atoms with E-state index in [9.17, 15) is 9.59 Å². The molecular weight excluding hydrogens is 390 g/mol. The molecule has 2 aromatic heterocycles. The molecule has 0 saturated carbocycles. The number of thiazole rings is 1. The summed E-state index contributed by atoms with van der Waals surface area (Å²) < 4.78 is 1.40. The Morgan fingerprint density at radius 2 is 1.72 bits per heavy atom. The molecule has 0 N–H and O–H groups in total. The van der Waals surface area contributed by atoms with Crippen molar-refractivity contribution in [3.8, 4) is 0 Å². The average Bonchev–Trinajstić information content (AvgIpc) is 3.41. The highest BCUT2D eigenvalue weighted by molar-refractivity contribution is 7.09. The van der Waals surface area contributed by atoms with Gasteiger partial charge in [0.25, 0.3) is 0 Å². The molecule has 3 aromatic rings. The van der Waals surface area contributed by atoms with Crippen molar-refractivity contribution in [2.75, 3.05) is 26.2 Å². The molecule has 1 fully saturated rings. The van der Waals surface area contributed by atoms with E-state index in [1.807, 2.05) is 23.6 Å². The second-order valence-corrected chi connectivity index (χ2v) is 7.78. The minimum atomic E-state index is -0.0468. The number of hydrogen-bond donors (Lipinski definition) is 0. The molecule has 1 aliphatic heterocycles. The minimum Gasteiger partial charge on any atom is -0.339 e. The molecule has 0 unspecified atom stereocenters. The van der Waals surface area contributed by atoms with Gasteiger partial charge in [-0.05, 0) is 16.0 Å². The number of benzene rings is 1. The Bertz CT molecular complexity index is 950. The van der Waals surface area contributed by atoms with Crippen molar-refractivity contribution in [3.63, 3.8) is 0 Å². The number of carbonyl (C=O) groups excluding carboxylic acids is 2. The summed E-state index contributed by atoms with van der Waals surface area (Å²) in [6.45, 7) is 2.21. The van der Waals surface area contributed by atoms with Crippen LogP contribution in [0.1, 0.15) is 16.3 Å². The first-order valence-corrected chi connectivity index (χ1v) is 10.3. The molecule has 9 nitrogen and oxygen atoms in total. The lowest BCUT2D eigenvalue weighted by molar-refractivity contribution is -0.139. The Morgan fingerprint density at radius 1 is 1.00 bits per heavy atom. The van der Waals surface area contributed by atoms with E-state index in [4.69, 9.17) is 0 Å². The van der Waals surface area contributed by atoms with E-state index in [0.717, 1.165) is 17.1 Å². The van der Waals surface area contributed by atoms with Gasteiger partial charge in [-0.15, -0.1) is 16.4 Å². The van der Waals surface area contributed by atoms with Gasteiger partial charge in [0, 0.05) is 38.0 Å². The van der Waals surface area contributed by atoms with Crippen LogP contribution in [0.3, 0.4) is 0 Å². The third-order valence-corrected chi connectivity index (χ3v) is 5.70. The van der Waals surface area contributed by atoms with Gasteiger partial charge in [-0.2, -0.15) is 0 Å². The van der Waals surface area contributed by atoms with Crippen molar-refractivity contribution in [3.05, 3.63) is 58.3 Å². The summed E-state index contributed by atoms with van der Waals surface area (Å²) >= 11 is 1.59. The van der Waals surface area contributed by atoms with Gasteiger partial charge in [-0.3, -0.25) is 9.59 Å². The minimum absolute atomic E-state index is 0.0468. The maximum Gasteiger partial charge on any atom is 0.244 e. The van der Waals surface area contributed by atoms with Gasteiger partial charge in [0.15, 0.2) is 0 Å². The quantitative estimate of drug-likeness (QED) is 0.590. The van der Waals surface area contributed by atoms with Gasteiger partial charge in [0.05, 0.1) is 17.1 Å². The van der Waals surface area contributed by atoms with Crippen molar-refractivity contribution >= 4 is 23.2 Å². The zero-order valence-corrected chi connectivity index (χ0v) is 16.7. The number of nitrogens with zero attached hydrogens (tertiary/aromatic N) is 7. The molecule has 2 amide bonds. The monoisotopic (exact) mass is 411 g/mol.